The summed E-state index contributed by atoms with van der Waals surface area (Å²) in [5.74, 6) is -0.000357. The van der Waals surface area contributed by atoms with Crippen LogP contribution in [0.4, 0.5) is 5.69 Å². The van der Waals surface area contributed by atoms with E-state index < -0.39 is 0 Å². The monoisotopic (exact) mass is 387 g/mol. The molecule has 1 aliphatic heterocycles. The minimum Gasteiger partial charge on any atom is -0.378 e. The number of benzene rings is 1. The van der Waals surface area contributed by atoms with Crippen LogP contribution in [-0.4, -0.2) is 54.5 Å². The highest BCUT2D eigenvalue weighted by Crippen LogP contribution is 2.26. The van der Waals surface area contributed by atoms with Crippen molar-refractivity contribution in [2.24, 2.45) is 0 Å². The molecule has 3 heterocycles. The summed E-state index contributed by atoms with van der Waals surface area (Å²) >= 11 is 0. The molecule has 0 spiro atoms. The second-order valence-electron chi connectivity index (χ2n) is 7.41. The maximum Gasteiger partial charge on any atom is 0.256 e. The zero-order chi connectivity index (χ0) is 20.2. The van der Waals surface area contributed by atoms with Crippen LogP contribution in [0.1, 0.15) is 22.0 Å². The van der Waals surface area contributed by atoms with Gasteiger partial charge < -0.3 is 15.1 Å². The van der Waals surface area contributed by atoms with Crippen LogP contribution in [0.2, 0.25) is 0 Å². The van der Waals surface area contributed by atoms with Gasteiger partial charge in [-0.3, -0.25) is 14.8 Å². The quantitative estimate of drug-likeness (QED) is 0.746. The van der Waals surface area contributed by atoms with Crippen molar-refractivity contribution in [3.8, 4) is 11.1 Å². The summed E-state index contributed by atoms with van der Waals surface area (Å²) in [5, 5.41) is 3.38. The molecule has 1 saturated heterocycles. The van der Waals surface area contributed by atoms with Crippen LogP contribution in [0.15, 0.2) is 67.3 Å². The number of rotatable bonds is 4. The molecule has 0 bridgehead atoms. The maximum absolute atomic E-state index is 13.3. The predicted molar refractivity (Wildman–Crippen MR) is 115 cm³/mol. The summed E-state index contributed by atoms with van der Waals surface area (Å²) in [6, 6.07) is 14.1. The van der Waals surface area contributed by atoms with Gasteiger partial charge in [-0.05, 0) is 35.4 Å². The Morgan fingerprint density at radius 2 is 1.90 bits per heavy atom. The number of anilines is 1. The van der Waals surface area contributed by atoms with Crippen molar-refractivity contribution in [1.29, 1.82) is 0 Å². The van der Waals surface area contributed by atoms with E-state index in [9.17, 15) is 4.79 Å². The maximum atomic E-state index is 13.3. The van der Waals surface area contributed by atoms with E-state index >= 15 is 0 Å². The lowest BCUT2D eigenvalue weighted by atomic mass is 10.0. The van der Waals surface area contributed by atoms with Gasteiger partial charge in [0, 0.05) is 69.8 Å². The Labute approximate surface area is 171 Å². The number of amides is 1. The normalized spacial score (nSPS) is 16.5. The molecule has 3 aromatic rings. The highest BCUT2D eigenvalue weighted by Gasteiger charge is 2.29. The standard InChI is InChI=1S/C23H25N5O/c1-27(2)21-7-5-17(6-8-21)19-12-20(15-26-14-19)23(29)28-11-10-25-16-22(28)18-4-3-9-24-13-18/h3-9,12-15,22,25H,10-11,16H2,1-2H3. The first-order valence-electron chi connectivity index (χ1n) is 9.78. The van der Waals surface area contributed by atoms with Crippen LogP contribution in [-0.2, 0) is 0 Å². The molecule has 1 amide bonds. The zero-order valence-corrected chi connectivity index (χ0v) is 16.7. The number of pyridine rings is 2. The molecule has 1 aromatic carbocycles. The molecule has 29 heavy (non-hydrogen) atoms. The Bertz CT molecular complexity index is 972. The van der Waals surface area contributed by atoms with Crippen molar-refractivity contribution in [3.05, 3.63) is 78.4 Å². The third kappa shape index (κ3) is 4.12. The Morgan fingerprint density at radius 1 is 1.07 bits per heavy atom. The van der Waals surface area contributed by atoms with Crippen LogP contribution in [0.5, 0.6) is 0 Å². The third-order valence-corrected chi connectivity index (χ3v) is 5.28. The number of aromatic nitrogens is 2. The van der Waals surface area contributed by atoms with Gasteiger partial charge in [-0.2, -0.15) is 0 Å². The van der Waals surface area contributed by atoms with Crippen molar-refractivity contribution in [3.63, 3.8) is 0 Å². The average Bonchev–Trinajstić information content (AvgIpc) is 2.79. The summed E-state index contributed by atoms with van der Waals surface area (Å²) in [6.07, 6.45) is 7.04. The lowest BCUT2D eigenvalue weighted by Gasteiger charge is -2.36. The Hall–Kier alpha value is -3.25. The molecule has 1 N–H and O–H groups in total. The first-order valence-corrected chi connectivity index (χ1v) is 9.78. The van der Waals surface area contributed by atoms with E-state index in [-0.39, 0.29) is 11.9 Å². The molecule has 148 valence electrons. The summed E-state index contributed by atoms with van der Waals surface area (Å²) in [6.45, 7) is 2.15. The van der Waals surface area contributed by atoms with E-state index in [4.69, 9.17) is 0 Å². The van der Waals surface area contributed by atoms with Gasteiger partial charge in [0.1, 0.15) is 0 Å². The lowest BCUT2D eigenvalue weighted by Crippen LogP contribution is -2.48. The SMILES string of the molecule is CN(C)c1ccc(-c2cncc(C(=O)N3CCNCC3c3cccnc3)c2)cc1. The van der Waals surface area contributed by atoms with E-state index in [1.807, 2.05) is 43.4 Å². The van der Waals surface area contributed by atoms with Gasteiger partial charge in [-0.25, -0.2) is 0 Å². The largest absolute Gasteiger partial charge is 0.378 e. The Kier molecular flexibility index (Phi) is 5.53. The summed E-state index contributed by atoms with van der Waals surface area (Å²) in [7, 11) is 4.03. The molecule has 4 rings (SSSR count). The van der Waals surface area contributed by atoms with Gasteiger partial charge in [0.15, 0.2) is 0 Å². The minimum absolute atomic E-state index is 0.000357. The van der Waals surface area contributed by atoms with Crippen LogP contribution >= 0.6 is 0 Å². The molecule has 6 heteroatoms. The summed E-state index contributed by atoms with van der Waals surface area (Å²) in [4.78, 5) is 25.9. The smallest absolute Gasteiger partial charge is 0.256 e. The lowest BCUT2D eigenvalue weighted by molar-refractivity contribution is 0.0633. The molecular formula is C23H25N5O. The van der Waals surface area contributed by atoms with Crippen molar-refractivity contribution in [2.75, 3.05) is 38.6 Å². The summed E-state index contributed by atoms with van der Waals surface area (Å²) < 4.78 is 0. The van der Waals surface area contributed by atoms with Crippen LogP contribution < -0.4 is 10.2 Å². The number of nitrogens with one attached hydrogen (secondary N) is 1. The molecule has 0 aliphatic carbocycles. The minimum atomic E-state index is -0.0343. The van der Waals surface area contributed by atoms with E-state index in [1.54, 1.807) is 18.6 Å². The van der Waals surface area contributed by atoms with E-state index in [0.29, 0.717) is 12.1 Å². The number of piperazine rings is 1. The molecular weight excluding hydrogens is 362 g/mol. The second kappa shape index (κ2) is 8.41. The fourth-order valence-electron chi connectivity index (χ4n) is 3.65. The molecule has 1 atom stereocenters. The molecule has 1 fully saturated rings. The first-order chi connectivity index (χ1) is 14.1. The average molecular weight is 387 g/mol. The highest BCUT2D eigenvalue weighted by atomic mass is 16.2. The van der Waals surface area contributed by atoms with Crippen molar-refractivity contribution in [1.82, 2.24) is 20.2 Å². The van der Waals surface area contributed by atoms with Gasteiger partial charge in [-0.15, -0.1) is 0 Å². The molecule has 0 saturated carbocycles. The molecule has 1 aliphatic rings. The van der Waals surface area contributed by atoms with Crippen molar-refractivity contribution >= 4 is 11.6 Å². The predicted octanol–water partition coefficient (Wildman–Crippen LogP) is 3.00. The van der Waals surface area contributed by atoms with Gasteiger partial charge in [-0.1, -0.05) is 18.2 Å². The van der Waals surface area contributed by atoms with Crippen molar-refractivity contribution in [2.45, 2.75) is 6.04 Å². The van der Waals surface area contributed by atoms with Crippen LogP contribution in [0.25, 0.3) is 11.1 Å². The fourth-order valence-corrected chi connectivity index (χ4v) is 3.65. The number of carbonyl (C=O) groups is 1. The number of carbonyl (C=O) groups excluding carboxylic acids is 1. The molecule has 6 nitrogen and oxygen atoms in total. The van der Waals surface area contributed by atoms with Gasteiger partial charge in [0.05, 0.1) is 11.6 Å². The molecule has 1 unspecified atom stereocenters. The topological polar surface area (TPSA) is 61.4 Å². The number of hydrogen-bond donors (Lipinski definition) is 1. The van der Waals surface area contributed by atoms with E-state index in [1.165, 1.54) is 0 Å². The van der Waals surface area contributed by atoms with Crippen molar-refractivity contribution < 1.29 is 4.79 Å². The Balaban J connectivity index is 1.60. The highest BCUT2D eigenvalue weighted by molar-refractivity contribution is 5.95. The van der Waals surface area contributed by atoms with Gasteiger partial charge in [0.25, 0.3) is 5.91 Å². The zero-order valence-electron chi connectivity index (χ0n) is 16.7. The second-order valence-corrected chi connectivity index (χ2v) is 7.41. The van der Waals surface area contributed by atoms with Gasteiger partial charge >= 0.3 is 0 Å². The van der Waals surface area contributed by atoms with Crippen LogP contribution in [0.3, 0.4) is 0 Å². The summed E-state index contributed by atoms with van der Waals surface area (Å²) in [5.41, 5.74) is 4.76. The number of nitrogens with zero attached hydrogens (tertiary/aromatic N) is 4. The first kappa shape index (κ1) is 19.1. The fraction of sp³-hybridized carbons (Fsp3) is 0.261. The Morgan fingerprint density at radius 3 is 2.62 bits per heavy atom. The van der Waals surface area contributed by atoms with Crippen LogP contribution in [0, 0.1) is 0 Å². The molecule has 2 aromatic heterocycles. The molecule has 0 radical (unpaired) electrons. The number of hydrogen-bond acceptors (Lipinski definition) is 5. The van der Waals surface area contributed by atoms with E-state index in [0.717, 1.165) is 35.5 Å². The van der Waals surface area contributed by atoms with E-state index in [2.05, 4.69) is 44.5 Å². The van der Waals surface area contributed by atoms with Gasteiger partial charge in [0.2, 0.25) is 0 Å². The third-order valence-electron chi connectivity index (χ3n) is 5.28.